The van der Waals surface area contributed by atoms with Crippen LogP contribution < -0.4 is 14.2 Å². The molecule has 0 saturated carbocycles. The second-order valence-corrected chi connectivity index (χ2v) is 6.96. The predicted molar refractivity (Wildman–Crippen MR) is 83.4 cm³/mol. The highest BCUT2D eigenvalue weighted by atomic mass is 35.5. The molecule has 1 aromatic rings. The van der Waals surface area contributed by atoms with Crippen molar-refractivity contribution in [3.63, 3.8) is 0 Å². The SMILES string of the molecule is CCCCS(=O)(=O)NC(=O)C=Cc1cc(Cl)c2c(c1)OCO2. The Hall–Kier alpha value is -1.73. The van der Waals surface area contributed by atoms with E-state index in [9.17, 15) is 13.2 Å². The maximum absolute atomic E-state index is 11.6. The van der Waals surface area contributed by atoms with E-state index in [1.54, 1.807) is 12.1 Å². The van der Waals surface area contributed by atoms with Crippen LogP contribution in [0.3, 0.4) is 0 Å². The topological polar surface area (TPSA) is 81.7 Å². The summed E-state index contributed by atoms with van der Waals surface area (Å²) in [5.41, 5.74) is 0.607. The normalized spacial score (nSPS) is 13.5. The molecule has 6 nitrogen and oxygen atoms in total. The Bertz CT molecular complexity index is 699. The second kappa shape index (κ2) is 7.02. The van der Waals surface area contributed by atoms with Crippen LogP contribution in [0.4, 0.5) is 0 Å². The van der Waals surface area contributed by atoms with E-state index in [1.165, 1.54) is 6.08 Å². The van der Waals surface area contributed by atoms with Crippen LogP contribution in [0.5, 0.6) is 11.5 Å². The molecule has 0 atom stereocenters. The van der Waals surface area contributed by atoms with Crippen LogP contribution in [0.2, 0.25) is 5.02 Å². The number of amides is 1. The Kier molecular flexibility index (Phi) is 5.31. The zero-order valence-electron chi connectivity index (χ0n) is 12.0. The molecular weight excluding hydrogens is 330 g/mol. The largest absolute Gasteiger partial charge is 0.454 e. The highest BCUT2D eigenvalue weighted by Crippen LogP contribution is 2.39. The molecule has 0 saturated heterocycles. The Morgan fingerprint density at radius 1 is 1.41 bits per heavy atom. The van der Waals surface area contributed by atoms with Gasteiger partial charge in [-0.2, -0.15) is 0 Å². The molecule has 8 heteroatoms. The monoisotopic (exact) mass is 345 g/mol. The second-order valence-electron chi connectivity index (χ2n) is 4.71. The van der Waals surface area contributed by atoms with E-state index in [1.807, 2.05) is 11.6 Å². The van der Waals surface area contributed by atoms with Crippen molar-refractivity contribution in [1.82, 2.24) is 4.72 Å². The lowest BCUT2D eigenvalue weighted by Crippen LogP contribution is -2.31. The highest BCUT2D eigenvalue weighted by Gasteiger charge is 2.17. The lowest BCUT2D eigenvalue weighted by molar-refractivity contribution is -0.114. The number of unbranched alkanes of at least 4 members (excludes halogenated alkanes) is 1. The van der Waals surface area contributed by atoms with Crippen LogP contribution in [-0.2, 0) is 14.8 Å². The molecule has 0 spiro atoms. The maximum Gasteiger partial charge on any atom is 0.257 e. The first-order valence-corrected chi connectivity index (χ1v) is 8.76. The highest BCUT2D eigenvalue weighted by molar-refractivity contribution is 7.90. The fourth-order valence-electron chi connectivity index (χ4n) is 1.83. The summed E-state index contributed by atoms with van der Waals surface area (Å²) in [6, 6.07) is 3.26. The molecule has 1 amide bonds. The van der Waals surface area contributed by atoms with Crippen molar-refractivity contribution in [1.29, 1.82) is 0 Å². The van der Waals surface area contributed by atoms with Gasteiger partial charge in [-0.3, -0.25) is 4.79 Å². The number of hydrogen-bond acceptors (Lipinski definition) is 5. The number of fused-ring (bicyclic) bond motifs is 1. The summed E-state index contributed by atoms with van der Waals surface area (Å²) in [4.78, 5) is 11.6. The number of carbonyl (C=O) groups excluding carboxylic acids is 1. The minimum absolute atomic E-state index is 0.0705. The number of sulfonamides is 1. The van der Waals surface area contributed by atoms with E-state index in [2.05, 4.69) is 0 Å². The van der Waals surface area contributed by atoms with Crippen LogP contribution >= 0.6 is 11.6 Å². The minimum atomic E-state index is -3.59. The van der Waals surface area contributed by atoms with Gasteiger partial charge in [0.2, 0.25) is 16.8 Å². The maximum atomic E-state index is 11.6. The fourth-order valence-corrected chi connectivity index (χ4v) is 3.25. The average molecular weight is 346 g/mol. The number of hydrogen-bond donors (Lipinski definition) is 1. The number of halogens is 1. The van der Waals surface area contributed by atoms with E-state index in [0.717, 1.165) is 12.5 Å². The molecular formula is C14H16ClNO5S. The van der Waals surface area contributed by atoms with Gasteiger partial charge in [-0.1, -0.05) is 24.9 Å². The lowest BCUT2D eigenvalue weighted by atomic mass is 10.2. The van der Waals surface area contributed by atoms with Crippen LogP contribution in [0.25, 0.3) is 6.08 Å². The number of ether oxygens (including phenoxy) is 2. The van der Waals surface area contributed by atoms with Crippen molar-refractivity contribution in [3.8, 4) is 11.5 Å². The number of nitrogens with one attached hydrogen (secondary N) is 1. The van der Waals surface area contributed by atoms with E-state index in [-0.39, 0.29) is 12.5 Å². The molecule has 22 heavy (non-hydrogen) atoms. The van der Waals surface area contributed by atoms with Crippen LogP contribution in [0.1, 0.15) is 25.3 Å². The standard InChI is InChI=1S/C14H16ClNO5S/c1-2-3-6-22(18,19)16-13(17)5-4-10-7-11(15)14-12(8-10)20-9-21-14/h4-5,7-8H,2-3,6,9H2,1H3,(H,16,17). The fraction of sp³-hybridized carbons (Fsp3) is 0.357. The Labute approximate surface area is 134 Å². The van der Waals surface area contributed by atoms with Gasteiger partial charge in [0.05, 0.1) is 10.8 Å². The Balaban J connectivity index is 2.03. The third kappa shape index (κ3) is 4.38. The van der Waals surface area contributed by atoms with Gasteiger partial charge in [0, 0.05) is 6.08 Å². The summed E-state index contributed by atoms with van der Waals surface area (Å²) < 4.78 is 35.6. The summed E-state index contributed by atoms with van der Waals surface area (Å²) in [6.07, 6.45) is 3.83. The number of carbonyl (C=O) groups is 1. The van der Waals surface area contributed by atoms with E-state index < -0.39 is 15.9 Å². The van der Waals surface area contributed by atoms with E-state index in [4.69, 9.17) is 21.1 Å². The first kappa shape index (κ1) is 16.6. The molecule has 1 aliphatic rings. The summed E-state index contributed by atoms with van der Waals surface area (Å²) in [7, 11) is -3.59. The molecule has 0 bridgehead atoms. The predicted octanol–water partition coefficient (Wildman–Crippen LogP) is 2.33. The third-order valence-electron chi connectivity index (χ3n) is 2.90. The van der Waals surface area contributed by atoms with Gasteiger partial charge >= 0.3 is 0 Å². The van der Waals surface area contributed by atoms with E-state index >= 15 is 0 Å². The molecule has 0 aromatic heterocycles. The number of benzene rings is 1. The lowest BCUT2D eigenvalue weighted by Gasteiger charge is -2.03. The van der Waals surface area contributed by atoms with Crippen molar-refractivity contribution >= 4 is 33.6 Å². The number of rotatable bonds is 6. The van der Waals surface area contributed by atoms with E-state index in [0.29, 0.717) is 28.5 Å². The molecule has 1 aromatic carbocycles. The first-order chi connectivity index (χ1) is 10.4. The van der Waals surface area contributed by atoms with Gasteiger partial charge < -0.3 is 9.47 Å². The molecule has 1 N–H and O–H groups in total. The molecule has 1 aliphatic heterocycles. The molecule has 0 aliphatic carbocycles. The van der Waals surface area contributed by atoms with Crippen LogP contribution in [0.15, 0.2) is 18.2 Å². The first-order valence-electron chi connectivity index (χ1n) is 6.73. The zero-order chi connectivity index (χ0) is 16.2. The molecule has 0 radical (unpaired) electrons. The van der Waals surface area contributed by atoms with Crippen molar-refractivity contribution < 1.29 is 22.7 Å². The third-order valence-corrected chi connectivity index (χ3v) is 4.52. The Morgan fingerprint density at radius 2 is 2.18 bits per heavy atom. The summed E-state index contributed by atoms with van der Waals surface area (Å²) in [6.45, 7) is 1.97. The minimum Gasteiger partial charge on any atom is -0.454 e. The van der Waals surface area contributed by atoms with Crippen molar-refractivity contribution in [3.05, 3.63) is 28.8 Å². The summed E-state index contributed by atoms with van der Waals surface area (Å²) in [5.74, 6) is 0.178. The average Bonchev–Trinajstić information content (AvgIpc) is 2.91. The molecule has 2 rings (SSSR count). The van der Waals surface area contributed by atoms with Crippen molar-refractivity contribution in [2.24, 2.45) is 0 Å². The zero-order valence-corrected chi connectivity index (χ0v) is 13.5. The molecule has 0 fully saturated rings. The van der Waals surface area contributed by atoms with Gasteiger partial charge in [0.25, 0.3) is 5.91 Å². The Morgan fingerprint density at radius 3 is 2.91 bits per heavy atom. The van der Waals surface area contributed by atoms with Crippen LogP contribution in [-0.4, -0.2) is 26.9 Å². The van der Waals surface area contributed by atoms with Crippen LogP contribution in [0, 0.1) is 0 Å². The van der Waals surface area contributed by atoms with Gasteiger partial charge in [-0.25, -0.2) is 13.1 Å². The van der Waals surface area contributed by atoms with Gasteiger partial charge in [-0.15, -0.1) is 0 Å². The van der Waals surface area contributed by atoms with Gasteiger partial charge in [-0.05, 0) is 30.2 Å². The van der Waals surface area contributed by atoms with Gasteiger partial charge in [0.1, 0.15) is 0 Å². The van der Waals surface area contributed by atoms with Crippen molar-refractivity contribution in [2.75, 3.05) is 12.5 Å². The van der Waals surface area contributed by atoms with Gasteiger partial charge in [0.15, 0.2) is 11.5 Å². The summed E-state index contributed by atoms with van der Waals surface area (Å²) >= 11 is 6.02. The van der Waals surface area contributed by atoms with Crippen molar-refractivity contribution in [2.45, 2.75) is 19.8 Å². The molecule has 1 heterocycles. The smallest absolute Gasteiger partial charge is 0.257 e. The quantitative estimate of drug-likeness (QED) is 0.800. The molecule has 120 valence electrons. The summed E-state index contributed by atoms with van der Waals surface area (Å²) in [5, 5.41) is 0.366. The molecule has 0 unspecified atom stereocenters.